The molecule has 0 saturated heterocycles. The van der Waals surface area contributed by atoms with Gasteiger partial charge in [0.15, 0.2) is 0 Å². The van der Waals surface area contributed by atoms with E-state index in [2.05, 4.69) is 16.8 Å². The van der Waals surface area contributed by atoms with Crippen LogP contribution in [-0.4, -0.2) is 18.1 Å². The summed E-state index contributed by atoms with van der Waals surface area (Å²) in [7, 11) is 2.00. The Bertz CT molecular complexity index is 379. The van der Waals surface area contributed by atoms with Gasteiger partial charge in [-0.15, -0.1) is 11.6 Å². The van der Waals surface area contributed by atoms with Crippen LogP contribution in [0.15, 0.2) is 12.3 Å². The van der Waals surface area contributed by atoms with Crippen molar-refractivity contribution in [1.82, 2.24) is 4.98 Å². The number of alkyl halides is 1. The van der Waals surface area contributed by atoms with E-state index in [9.17, 15) is 4.39 Å². The Morgan fingerprint density at radius 1 is 1.62 bits per heavy atom. The van der Waals surface area contributed by atoms with E-state index in [1.165, 1.54) is 25.1 Å². The smallest absolute Gasteiger partial charge is 0.141 e. The monoisotopic (exact) mass is 242 g/mol. The summed E-state index contributed by atoms with van der Waals surface area (Å²) in [5.41, 5.74) is 0.761. The van der Waals surface area contributed by atoms with E-state index in [0.717, 1.165) is 17.3 Å². The van der Waals surface area contributed by atoms with E-state index in [1.54, 1.807) is 0 Å². The number of hydrogen-bond acceptors (Lipinski definition) is 2. The molecule has 0 bridgehead atoms. The molecule has 1 aliphatic carbocycles. The summed E-state index contributed by atoms with van der Waals surface area (Å²) in [4.78, 5) is 6.25. The maximum absolute atomic E-state index is 13.0. The fourth-order valence-corrected chi connectivity index (χ4v) is 2.17. The van der Waals surface area contributed by atoms with Gasteiger partial charge in [0.1, 0.15) is 11.6 Å². The summed E-state index contributed by atoms with van der Waals surface area (Å²) < 4.78 is 13.0. The van der Waals surface area contributed by atoms with Crippen LogP contribution in [0.25, 0.3) is 0 Å². The third-order valence-corrected chi connectivity index (χ3v) is 3.59. The molecule has 1 atom stereocenters. The average molecular weight is 243 g/mol. The minimum atomic E-state index is -0.327. The van der Waals surface area contributed by atoms with Gasteiger partial charge in [-0.25, -0.2) is 9.37 Å². The minimum absolute atomic E-state index is 0.293. The number of aromatic nitrogens is 1. The first kappa shape index (κ1) is 11.6. The Morgan fingerprint density at radius 2 is 2.31 bits per heavy atom. The summed E-state index contributed by atoms with van der Waals surface area (Å²) >= 11 is 5.81. The Hall–Kier alpha value is -0.830. The van der Waals surface area contributed by atoms with Crippen molar-refractivity contribution in [1.29, 1.82) is 0 Å². The van der Waals surface area contributed by atoms with Crippen molar-refractivity contribution in [3.8, 4) is 0 Å². The van der Waals surface area contributed by atoms with E-state index in [-0.39, 0.29) is 5.82 Å². The average Bonchev–Trinajstić information content (AvgIpc) is 3.10. The van der Waals surface area contributed by atoms with Crippen LogP contribution in [0.2, 0.25) is 0 Å². The summed E-state index contributed by atoms with van der Waals surface area (Å²) in [6.07, 6.45) is 3.81. The van der Waals surface area contributed by atoms with Crippen molar-refractivity contribution in [2.45, 2.75) is 31.7 Å². The molecule has 0 N–H and O–H groups in total. The number of nitrogens with zero attached hydrogens (tertiary/aromatic N) is 2. The molecular formula is C12H16ClFN2. The summed E-state index contributed by atoms with van der Waals surface area (Å²) in [5.74, 6) is 1.52. The summed E-state index contributed by atoms with van der Waals surface area (Å²) in [6, 6.07) is 1.91. The highest BCUT2D eigenvalue weighted by Crippen LogP contribution is 2.36. The van der Waals surface area contributed by atoms with Crippen molar-refractivity contribution in [2.24, 2.45) is 5.92 Å². The van der Waals surface area contributed by atoms with E-state index in [4.69, 9.17) is 11.6 Å². The molecule has 1 fully saturated rings. The molecule has 1 unspecified atom stereocenters. The second kappa shape index (κ2) is 4.58. The third-order valence-electron chi connectivity index (χ3n) is 3.30. The molecule has 1 aromatic heterocycles. The largest absolute Gasteiger partial charge is 0.356 e. The number of pyridine rings is 1. The first-order valence-electron chi connectivity index (χ1n) is 5.56. The first-order valence-corrected chi connectivity index (χ1v) is 6.10. The van der Waals surface area contributed by atoms with Crippen LogP contribution in [0.1, 0.15) is 25.3 Å². The zero-order chi connectivity index (χ0) is 11.7. The lowest BCUT2D eigenvalue weighted by molar-refractivity contribution is 0.593. The number of hydrogen-bond donors (Lipinski definition) is 0. The fourth-order valence-electron chi connectivity index (χ4n) is 1.98. The molecule has 88 valence electrons. The second-order valence-corrected chi connectivity index (χ2v) is 4.73. The fraction of sp³-hybridized carbons (Fsp3) is 0.583. The highest BCUT2D eigenvalue weighted by Gasteiger charge is 2.31. The molecule has 0 amide bonds. The van der Waals surface area contributed by atoms with Crippen LogP contribution in [-0.2, 0) is 5.88 Å². The molecule has 1 heterocycles. The summed E-state index contributed by atoms with van der Waals surface area (Å²) in [6.45, 7) is 2.18. The quantitative estimate of drug-likeness (QED) is 0.754. The molecule has 0 aliphatic heterocycles. The molecule has 2 rings (SSSR count). The maximum Gasteiger partial charge on any atom is 0.141 e. The SMILES string of the molecule is CC(C1CC1)N(C)c1ncc(F)cc1CCl. The molecule has 0 aromatic carbocycles. The Labute approximate surface area is 100 Å². The molecule has 0 spiro atoms. The van der Waals surface area contributed by atoms with Gasteiger partial charge in [-0.1, -0.05) is 0 Å². The zero-order valence-corrected chi connectivity index (χ0v) is 10.3. The van der Waals surface area contributed by atoms with Gasteiger partial charge in [0, 0.05) is 18.7 Å². The van der Waals surface area contributed by atoms with Gasteiger partial charge in [-0.05, 0) is 31.7 Å². The molecule has 1 aliphatic rings. The Balaban J connectivity index is 2.23. The van der Waals surface area contributed by atoms with E-state index >= 15 is 0 Å². The predicted octanol–water partition coefficient (Wildman–Crippen LogP) is 3.19. The predicted molar refractivity (Wildman–Crippen MR) is 64.3 cm³/mol. The topological polar surface area (TPSA) is 16.1 Å². The second-order valence-electron chi connectivity index (χ2n) is 4.46. The minimum Gasteiger partial charge on any atom is -0.356 e. The van der Waals surface area contributed by atoms with Crippen molar-refractivity contribution in [3.05, 3.63) is 23.6 Å². The van der Waals surface area contributed by atoms with Crippen LogP contribution >= 0.6 is 11.6 Å². The maximum atomic E-state index is 13.0. The molecule has 0 radical (unpaired) electrons. The lowest BCUT2D eigenvalue weighted by atomic mass is 10.1. The third kappa shape index (κ3) is 2.29. The summed E-state index contributed by atoms with van der Waals surface area (Å²) in [5, 5.41) is 0. The number of rotatable bonds is 4. The first-order chi connectivity index (χ1) is 7.63. The van der Waals surface area contributed by atoms with Crippen LogP contribution < -0.4 is 4.90 Å². The normalized spacial score (nSPS) is 17.2. The lowest BCUT2D eigenvalue weighted by Crippen LogP contribution is -2.32. The molecule has 4 heteroatoms. The van der Waals surface area contributed by atoms with Crippen LogP contribution in [0.5, 0.6) is 0 Å². The zero-order valence-electron chi connectivity index (χ0n) is 9.58. The van der Waals surface area contributed by atoms with E-state index < -0.39 is 0 Å². The van der Waals surface area contributed by atoms with Gasteiger partial charge in [0.25, 0.3) is 0 Å². The molecule has 2 nitrogen and oxygen atoms in total. The van der Waals surface area contributed by atoms with E-state index in [0.29, 0.717) is 11.9 Å². The number of anilines is 1. The Kier molecular flexibility index (Phi) is 3.33. The molecule has 1 saturated carbocycles. The van der Waals surface area contributed by atoms with Gasteiger partial charge in [0.05, 0.1) is 12.1 Å². The van der Waals surface area contributed by atoms with Gasteiger partial charge in [-0.3, -0.25) is 0 Å². The van der Waals surface area contributed by atoms with Gasteiger partial charge >= 0.3 is 0 Å². The van der Waals surface area contributed by atoms with Crippen LogP contribution in [0.4, 0.5) is 10.2 Å². The van der Waals surface area contributed by atoms with Crippen molar-refractivity contribution in [3.63, 3.8) is 0 Å². The van der Waals surface area contributed by atoms with Crippen molar-refractivity contribution in [2.75, 3.05) is 11.9 Å². The molecule has 16 heavy (non-hydrogen) atoms. The lowest BCUT2D eigenvalue weighted by Gasteiger charge is -2.27. The van der Waals surface area contributed by atoms with Gasteiger partial charge in [0.2, 0.25) is 0 Å². The van der Waals surface area contributed by atoms with E-state index in [1.807, 2.05) is 7.05 Å². The van der Waals surface area contributed by atoms with Crippen molar-refractivity contribution < 1.29 is 4.39 Å². The van der Waals surface area contributed by atoms with Gasteiger partial charge in [-0.2, -0.15) is 0 Å². The molecule has 1 aromatic rings. The van der Waals surface area contributed by atoms with Crippen molar-refractivity contribution >= 4 is 17.4 Å². The van der Waals surface area contributed by atoms with Gasteiger partial charge < -0.3 is 4.90 Å². The van der Waals surface area contributed by atoms with Crippen LogP contribution in [0, 0.1) is 11.7 Å². The Morgan fingerprint density at radius 3 is 2.88 bits per heavy atom. The highest BCUT2D eigenvalue weighted by molar-refractivity contribution is 6.17. The van der Waals surface area contributed by atoms with Crippen LogP contribution in [0.3, 0.4) is 0 Å². The standard InChI is InChI=1S/C12H16ClFN2/c1-8(9-3-4-9)16(2)12-10(6-13)5-11(14)7-15-12/h5,7-9H,3-4,6H2,1-2H3. The number of halogens is 2. The molecular weight excluding hydrogens is 227 g/mol. The highest BCUT2D eigenvalue weighted by atomic mass is 35.5.